The van der Waals surface area contributed by atoms with Crippen molar-refractivity contribution in [2.24, 2.45) is 11.3 Å². The summed E-state index contributed by atoms with van der Waals surface area (Å²) in [6, 6.07) is 11.1. The van der Waals surface area contributed by atoms with Crippen molar-refractivity contribution < 1.29 is 4.79 Å². The zero-order valence-corrected chi connectivity index (χ0v) is 14.0. The first-order chi connectivity index (χ1) is 11.3. The fourth-order valence-electron chi connectivity index (χ4n) is 4.76. The Balaban J connectivity index is 1.44. The molecule has 124 valence electrons. The van der Waals surface area contributed by atoms with Gasteiger partial charge in [0.25, 0.3) is 0 Å². The van der Waals surface area contributed by atoms with E-state index in [1.54, 1.807) is 0 Å². The maximum Gasteiger partial charge on any atom is 0.226 e. The molecule has 1 aliphatic carbocycles. The van der Waals surface area contributed by atoms with Crippen LogP contribution < -0.4 is 5.32 Å². The fraction of sp³-hybridized carbons (Fsp3) is 0.650. The van der Waals surface area contributed by atoms with Gasteiger partial charge in [0.2, 0.25) is 5.91 Å². The van der Waals surface area contributed by atoms with Crippen molar-refractivity contribution in [1.29, 1.82) is 0 Å². The predicted octanol–water partition coefficient (Wildman–Crippen LogP) is 3.00. The van der Waals surface area contributed by atoms with Gasteiger partial charge in [-0.15, -0.1) is 0 Å². The summed E-state index contributed by atoms with van der Waals surface area (Å²) in [5.41, 5.74) is 1.72. The molecule has 1 N–H and O–H groups in total. The quantitative estimate of drug-likeness (QED) is 0.930. The monoisotopic (exact) mass is 312 g/mol. The van der Waals surface area contributed by atoms with Gasteiger partial charge in [-0.05, 0) is 69.0 Å². The van der Waals surface area contributed by atoms with Crippen LogP contribution in [0.15, 0.2) is 30.3 Å². The molecule has 0 radical (unpaired) electrons. The molecule has 1 saturated carbocycles. The first-order valence-electron chi connectivity index (χ1n) is 9.34. The van der Waals surface area contributed by atoms with Gasteiger partial charge in [0.15, 0.2) is 0 Å². The number of hydrogen-bond donors (Lipinski definition) is 1. The van der Waals surface area contributed by atoms with Crippen LogP contribution in [0.3, 0.4) is 0 Å². The summed E-state index contributed by atoms with van der Waals surface area (Å²) in [6.07, 6.45) is 8.17. The molecule has 0 aromatic heterocycles. The Morgan fingerprint density at radius 3 is 2.74 bits per heavy atom. The molecule has 2 atom stereocenters. The average Bonchev–Trinajstić information content (AvgIpc) is 3.29. The van der Waals surface area contributed by atoms with E-state index in [2.05, 4.69) is 40.5 Å². The highest BCUT2D eigenvalue weighted by Gasteiger charge is 2.59. The highest BCUT2D eigenvalue weighted by molar-refractivity contribution is 5.83. The van der Waals surface area contributed by atoms with Gasteiger partial charge in [-0.1, -0.05) is 30.3 Å². The molecule has 23 heavy (non-hydrogen) atoms. The van der Waals surface area contributed by atoms with Gasteiger partial charge in [-0.3, -0.25) is 4.79 Å². The van der Waals surface area contributed by atoms with Crippen LogP contribution in [-0.4, -0.2) is 36.5 Å². The molecule has 4 rings (SSSR count). The van der Waals surface area contributed by atoms with E-state index in [0.29, 0.717) is 23.3 Å². The lowest BCUT2D eigenvalue weighted by Gasteiger charge is -2.37. The number of likely N-dealkylation sites (tertiary alicyclic amines) is 1. The topological polar surface area (TPSA) is 32.3 Å². The van der Waals surface area contributed by atoms with E-state index in [-0.39, 0.29) is 0 Å². The first kappa shape index (κ1) is 15.2. The number of benzene rings is 1. The van der Waals surface area contributed by atoms with Crippen molar-refractivity contribution in [2.75, 3.05) is 19.6 Å². The van der Waals surface area contributed by atoms with Gasteiger partial charge in [0.05, 0.1) is 0 Å². The number of carbonyl (C=O) groups is 1. The molecule has 3 heteroatoms. The molecule has 1 spiro atoms. The molecule has 3 fully saturated rings. The minimum Gasteiger partial charge on any atom is -0.339 e. The van der Waals surface area contributed by atoms with Gasteiger partial charge >= 0.3 is 0 Å². The van der Waals surface area contributed by atoms with Crippen molar-refractivity contribution in [2.45, 2.75) is 51.0 Å². The number of nitrogens with zero attached hydrogens (tertiary/aromatic N) is 1. The lowest BCUT2D eigenvalue weighted by atomic mass is 9.90. The van der Waals surface area contributed by atoms with E-state index in [9.17, 15) is 4.79 Å². The third-order valence-corrected chi connectivity index (χ3v) is 6.31. The number of piperidine rings is 2. The Labute approximate surface area is 139 Å². The van der Waals surface area contributed by atoms with E-state index in [0.717, 1.165) is 32.5 Å². The molecule has 2 unspecified atom stereocenters. The molecular weight excluding hydrogens is 284 g/mol. The summed E-state index contributed by atoms with van der Waals surface area (Å²) in [6.45, 7) is 3.16. The third kappa shape index (κ3) is 3.03. The number of rotatable bonds is 3. The maximum absolute atomic E-state index is 13.1. The molecule has 1 amide bonds. The van der Waals surface area contributed by atoms with Crippen LogP contribution in [0.2, 0.25) is 0 Å². The minimum absolute atomic E-state index is 0.320. The lowest BCUT2D eigenvalue weighted by Crippen LogP contribution is -2.46. The van der Waals surface area contributed by atoms with Crippen LogP contribution in [0.25, 0.3) is 0 Å². The minimum atomic E-state index is 0.320. The summed E-state index contributed by atoms with van der Waals surface area (Å²) in [7, 11) is 0. The summed E-state index contributed by atoms with van der Waals surface area (Å²) < 4.78 is 0. The molecule has 2 heterocycles. The molecule has 2 saturated heterocycles. The van der Waals surface area contributed by atoms with Crippen LogP contribution in [0.5, 0.6) is 0 Å². The summed E-state index contributed by atoms with van der Waals surface area (Å²) in [5.74, 6) is 0.786. The number of amides is 1. The molecule has 1 aromatic rings. The molecule has 0 bridgehead atoms. The van der Waals surface area contributed by atoms with E-state index < -0.39 is 0 Å². The second-order valence-electron chi connectivity index (χ2n) is 7.74. The van der Waals surface area contributed by atoms with Crippen LogP contribution in [0.4, 0.5) is 0 Å². The fourth-order valence-corrected chi connectivity index (χ4v) is 4.76. The standard InChI is InChI=1S/C20H28N2O/c23-19(18-15-20(18)9-11-21-12-10-20)22-13-5-4-8-17(22)14-16-6-2-1-3-7-16/h1-3,6-7,17-18,21H,4-5,8-15H2. The smallest absolute Gasteiger partial charge is 0.226 e. The zero-order valence-electron chi connectivity index (χ0n) is 14.0. The Hall–Kier alpha value is -1.35. The Morgan fingerprint density at radius 1 is 1.17 bits per heavy atom. The van der Waals surface area contributed by atoms with Gasteiger partial charge in [0.1, 0.15) is 0 Å². The summed E-state index contributed by atoms with van der Waals surface area (Å²) in [5, 5.41) is 3.44. The molecule has 3 nitrogen and oxygen atoms in total. The number of hydrogen-bond acceptors (Lipinski definition) is 2. The highest BCUT2D eigenvalue weighted by atomic mass is 16.2. The van der Waals surface area contributed by atoms with E-state index in [1.807, 2.05) is 0 Å². The molecule has 3 aliphatic rings. The van der Waals surface area contributed by atoms with Crippen molar-refractivity contribution in [3.8, 4) is 0 Å². The molecule has 1 aromatic carbocycles. The van der Waals surface area contributed by atoms with Crippen molar-refractivity contribution in [3.63, 3.8) is 0 Å². The predicted molar refractivity (Wildman–Crippen MR) is 92.1 cm³/mol. The Bertz CT molecular complexity index is 550. The van der Waals surface area contributed by atoms with Crippen molar-refractivity contribution in [3.05, 3.63) is 35.9 Å². The summed E-state index contributed by atoms with van der Waals surface area (Å²) >= 11 is 0. The second-order valence-corrected chi connectivity index (χ2v) is 7.74. The van der Waals surface area contributed by atoms with Gasteiger partial charge in [-0.25, -0.2) is 0 Å². The van der Waals surface area contributed by atoms with E-state index >= 15 is 0 Å². The lowest BCUT2D eigenvalue weighted by molar-refractivity contribution is -0.137. The van der Waals surface area contributed by atoms with Crippen LogP contribution >= 0.6 is 0 Å². The van der Waals surface area contributed by atoms with E-state index in [1.165, 1.54) is 37.7 Å². The third-order valence-electron chi connectivity index (χ3n) is 6.31. The average molecular weight is 312 g/mol. The number of nitrogens with one attached hydrogen (secondary N) is 1. The molecular formula is C20H28N2O. The normalized spacial score (nSPS) is 29.5. The van der Waals surface area contributed by atoms with E-state index in [4.69, 9.17) is 0 Å². The maximum atomic E-state index is 13.1. The van der Waals surface area contributed by atoms with Crippen LogP contribution in [0.1, 0.15) is 44.1 Å². The SMILES string of the molecule is O=C(C1CC12CCNCC2)N1CCCCC1Cc1ccccc1. The first-order valence-corrected chi connectivity index (χ1v) is 9.34. The highest BCUT2D eigenvalue weighted by Crippen LogP contribution is 2.59. The van der Waals surface area contributed by atoms with Gasteiger partial charge < -0.3 is 10.2 Å². The zero-order chi connectivity index (χ0) is 15.7. The molecule has 2 aliphatic heterocycles. The van der Waals surface area contributed by atoms with Crippen LogP contribution in [0, 0.1) is 11.3 Å². The van der Waals surface area contributed by atoms with Crippen LogP contribution in [-0.2, 0) is 11.2 Å². The largest absolute Gasteiger partial charge is 0.339 e. The van der Waals surface area contributed by atoms with Crippen molar-refractivity contribution in [1.82, 2.24) is 10.2 Å². The number of carbonyl (C=O) groups excluding carboxylic acids is 1. The Morgan fingerprint density at radius 2 is 1.96 bits per heavy atom. The van der Waals surface area contributed by atoms with Gasteiger partial charge in [-0.2, -0.15) is 0 Å². The van der Waals surface area contributed by atoms with Gasteiger partial charge in [0, 0.05) is 18.5 Å². The second kappa shape index (κ2) is 6.27. The Kier molecular flexibility index (Phi) is 4.14. The summed E-state index contributed by atoms with van der Waals surface area (Å²) in [4.78, 5) is 15.4. The van der Waals surface area contributed by atoms with Crippen molar-refractivity contribution >= 4 is 5.91 Å².